The van der Waals surface area contributed by atoms with Crippen LogP contribution in [-0.2, 0) is 11.2 Å². The van der Waals surface area contributed by atoms with Crippen LogP contribution in [0.3, 0.4) is 0 Å². The molecule has 0 aliphatic heterocycles. The Labute approximate surface area is 125 Å². The lowest BCUT2D eigenvalue weighted by Crippen LogP contribution is -2.30. The molecule has 0 unspecified atom stereocenters. The van der Waals surface area contributed by atoms with Gasteiger partial charge in [-0.2, -0.15) is 0 Å². The summed E-state index contributed by atoms with van der Waals surface area (Å²) in [4.78, 5) is 11.8. The maximum Gasteiger partial charge on any atom is 0.257 e. The lowest BCUT2D eigenvalue weighted by Gasteiger charge is -2.15. The van der Waals surface area contributed by atoms with E-state index in [1.54, 1.807) is 0 Å². The molecule has 2 rings (SSSR count). The SMILES string of the molecule is CCOc1cccc(CCN)c1OCC(=O)NCC1CC1. The maximum absolute atomic E-state index is 11.8. The first-order chi connectivity index (χ1) is 10.2. The number of ether oxygens (including phenoxy) is 2. The van der Waals surface area contributed by atoms with Gasteiger partial charge in [0, 0.05) is 6.54 Å². The minimum absolute atomic E-state index is 0.00831. The molecular formula is C16H24N2O3. The highest BCUT2D eigenvalue weighted by Crippen LogP contribution is 2.31. The average molecular weight is 292 g/mol. The smallest absolute Gasteiger partial charge is 0.257 e. The number of hydrogen-bond acceptors (Lipinski definition) is 4. The van der Waals surface area contributed by atoms with Gasteiger partial charge in [-0.25, -0.2) is 0 Å². The fourth-order valence-corrected chi connectivity index (χ4v) is 2.12. The molecule has 1 aliphatic carbocycles. The Morgan fingerprint density at radius 2 is 2.19 bits per heavy atom. The van der Waals surface area contributed by atoms with Crippen molar-refractivity contribution in [2.75, 3.05) is 26.3 Å². The minimum atomic E-state index is -0.0908. The molecule has 0 aromatic heterocycles. The number of carbonyl (C=O) groups is 1. The molecular weight excluding hydrogens is 268 g/mol. The second-order valence-corrected chi connectivity index (χ2v) is 5.25. The van der Waals surface area contributed by atoms with Gasteiger partial charge >= 0.3 is 0 Å². The number of benzene rings is 1. The number of nitrogens with one attached hydrogen (secondary N) is 1. The predicted octanol–water partition coefficient (Wildman–Crippen LogP) is 1.49. The van der Waals surface area contributed by atoms with Gasteiger partial charge in [-0.1, -0.05) is 12.1 Å². The molecule has 5 heteroatoms. The summed E-state index contributed by atoms with van der Waals surface area (Å²) in [6.07, 6.45) is 3.13. The van der Waals surface area contributed by atoms with Crippen LogP contribution in [0.15, 0.2) is 18.2 Å². The molecule has 0 saturated heterocycles. The van der Waals surface area contributed by atoms with Crippen molar-refractivity contribution < 1.29 is 14.3 Å². The number of amides is 1. The molecule has 1 aromatic rings. The van der Waals surface area contributed by atoms with Crippen molar-refractivity contribution in [2.45, 2.75) is 26.2 Å². The summed E-state index contributed by atoms with van der Waals surface area (Å²) in [5.41, 5.74) is 6.59. The lowest BCUT2D eigenvalue weighted by atomic mass is 10.1. The number of para-hydroxylation sites is 1. The summed E-state index contributed by atoms with van der Waals surface area (Å²) in [5.74, 6) is 1.87. The number of rotatable bonds is 9. The Balaban J connectivity index is 1.96. The van der Waals surface area contributed by atoms with Crippen LogP contribution in [0.5, 0.6) is 11.5 Å². The van der Waals surface area contributed by atoms with E-state index in [-0.39, 0.29) is 12.5 Å². The van der Waals surface area contributed by atoms with Crippen molar-refractivity contribution in [1.29, 1.82) is 0 Å². The van der Waals surface area contributed by atoms with Crippen molar-refractivity contribution in [3.63, 3.8) is 0 Å². The number of hydrogen-bond donors (Lipinski definition) is 2. The molecule has 1 aliphatic rings. The summed E-state index contributed by atoms with van der Waals surface area (Å²) < 4.78 is 11.3. The zero-order valence-corrected chi connectivity index (χ0v) is 12.6. The quantitative estimate of drug-likeness (QED) is 0.723. The van der Waals surface area contributed by atoms with Gasteiger partial charge in [0.2, 0.25) is 0 Å². The first-order valence-corrected chi connectivity index (χ1v) is 7.58. The molecule has 3 N–H and O–H groups in total. The van der Waals surface area contributed by atoms with Crippen molar-refractivity contribution in [3.05, 3.63) is 23.8 Å². The molecule has 1 saturated carbocycles. The topological polar surface area (TPSA) is 73.6 Å². The first-order valence-electron chi connectivity index (χ1n) is 7.58. The van der Waals surface area contributed by atoms with E-state index in [1.165, 1.54) is 12.8 Å². The van der Waals surface area contributed by atoms with Crippen molar-refractivity contribution in [3.8, 4) is 11.5 Å². The first kappa shape index (κ1) is 15.6. The molecule has 0 bridgehead atoms. The maximum atomic E-state index is 11.8. The van der Waals surface area contributed by atoms with E-state index in [2.05, 4.69) is 5.32 Å². The lowest BCUT2D eigenvalue weighted by molar-refractivity contribution is -0.123. The number of nitrogens with two attached hydrogens (primary N) is 1. The van der Waals surface area contributed by atoms with E-state index in [0.29, 0.717) is 37.0 Å². The molecule has 0 spiro atoms. The Hall–Kier alpha value is -1.75. The summed E-state index contributed by atoms with van der Waals surface area (Å²) in [6, 6.07) is 5.71. The Morgan fingerprint density at radius 1 is 1.38 bits per heavy atom. The fourth-order valence-electron chi connectivity index (χ4n) is 2.12. The highest BCUT2D eigenvalue weighted by atomic mass is 16.5. The highest BCUT2D eigenvalue weighted by molar-refractivity contribution is 5.77. The Morgan fingerprint density at radius 3 is 2.86 bits per heavy atom. The van der Waals surface area contributed by atoms with E-state index < -0.39 is 0 Å². The summed E-state index contributed by atoms with van der Waals surface area (Å²) in [7, 11) is 0. The van der Waals surface area contributed by atoms with Gasteiger partial charge in [0.1, 0.15) is 0 Å². The molecule has 1 aromatic carbocycles. The molecule has 1 amide bonds. The molecule has 21 heavy (non-hydrogen) atoms. The number of carbonyl (C=O) groups excluding carboxylic acids is 1. The Kier molecular flexibility index (Phi) is 5.87. The van der Waals surface area contributed by atoms with E-state index in [0.717, 1.165) is 12.1 Å². The van der Waals surface area contributed by atoms with Crippen molar-refractivity contribution in [2.24, 2.45) is 11.7 Å². The summed E-state index contributed by atoms with van der Waals surface area (Å²) in [6.45, 7) is 3.76. The van der Waals surface area contributed by atoms with Crippen LogP contribution in [0.1, 0.15) is 25.3 Å². The largest absolute Gasteiger partial charge is 0.490 e. The second kappa shape index (κ2) is 7.88. The summed E-state index contributed by atoms with van der Waals surface area (Å²) >= 11 is 0. The third-order valence-electron chi connectivity index (χ3n) is 3.41. The van der Waals surface area contributed by atoms with E-state index >= 15 is 0 Å². The van der Waals surface area contributed by atoms with Crippen molar-refractivity contribution >= 4 is 5.91 Å². The highest BCUT2D eigenvalue weighted by Gasteiger charge is 2.21. The normalized spacial score (nSPS) is 13.8. The fraction of sp³-hybridized carbons (Fsp3) is 0.562. The van der Waals surface area contributed by atoms with Crippen LogP contribution >= 0.6 is 0 Å². The monoisotopic (exact) mass is 292 g/mol. The molecule has 116 valence electrons. The zero-order chi connectivity index (χ0) is 15.1. The standard InChI is InChI=1S/C16H24N2O3/c1-2-20-14-5-3-4-13(8-9-17)16(14)21-11-15(19)18-10-12-6-7-12/h3-5,12H,2,6-11,17H2,1H3,(H,18,19). The van der Waals surface area contributed by atoms with Gasteiger partial charge < -0.3 is 20.5 Å². The van der Waals surface area contributed by atoms with Crippen LogP contribution in [0, 0.1) is 5.92 Å². The van der Waals surface area contributed by atoms with Crippen LogP contribution in [0.4, 0.5) is 0 Å². The van der Waals surface area contributed by atoms with E-state index in [1.807, 2.05) is 25.1 Å². The van der Waals surface area contributed by atoms with Crippen LogP contribution in [0.25, 0.3) is 0 Å². The molecule has 1 fully saturated rings. The van der Waals surface area contributed by atoms with Gasteiger partial charge in [0.25, 0.3) is 5.91 Å². The van der Waals surface area contributed by atoms with Gasteiger partial charge in [-0.15, -0.1) is 0 Å². The van der Waals surface area contributed by atoms with E-state index in [9.17, 15) is 4.79 Å². The Bertz CT molecular complexity index is 448. The third-order valence-corrected chi connectivity index (χ3v) is 3.41. The average Bonchev–Trinajstić information content (AvgIpc) is 3.29. The summed E-state index contributed by atoms with van der Waals surface area (Å²) in [5, 5.41) is 2.89. The van der Waals surface area contributed by atoms with Crippen LogP contribution in [-0.4, -0.2) is 32.2 Å². The molecule has 0 heterocycles. The molecule has 5 nitrogen and oxygen atoms in total. The molecule has 0 radical (unpaired) electrons. The second-order valence-electron chi connectivity index (χ2n) is 5.25. The third kappa shape index (κ3) is 4.93. The molecule has 0 atom stereocenters. The van der Waals surface area contributed by atoms with Gasteiger partial charge in [-0.05, 0) is 50.3 Å². The van der Waals surface area contributed by atoms with Gasteiger partial charge in [-0.3, -0.25) is 4.79 Å². The van der Waals surface area contributed by atoms with Crippen LogP contribution in [0.2, 0.25) is 0 Å². The zero-order valence-electron chi connectivity index (χ0n) is 12.6. The van der Waals surface area contributed by atoms with Crippen LogP contribution < -0.4 is 20.5 Å². The van der Waals surface area contributed by atoms with Gasteiger partial charge in [0.05, 0.1) is 6.61 Å². The van der Waals surface area contributed by atoms with E-state index in [4.69, 9.17) is 15.2 Å². The van der Waals surface area contributed by atoms with Gasteiger partial charge in [0.15, 0.2) is 18.1 Å². The van der Waals surface area contributed by atoms with Crippen molar-refractivity contribution in [1.82, 2.24) is 5.32 Å². The predicted molar refractivity (Wildman–Crippen MR) is 81.6 cm³/mol. The minimum Gasteiger partial charge on any atom is -0.490 e.